The van der Waals surface area contributed by atoms with Crippen LogP contribution in [0.25, 0.3) is 0 Å². The van der Waals surface area contributed by atoms with Gasteiger partial charge >= 0.3 is 5.97 Å². The largest absolute Gasteiger partial charge is 0.454 e. The number of nitriles is 1. The number of fused-ring (bicyclic) bond motifs is 2. The number of nitrogens with one attached hydrogen (secondary N) is 1. The van der Waals surface area contributed by atoms with Crippen LogP contribution < -0.4 is 5.32 Å². The monoisotopic (exact) mass is 487 g/mol. The van der Waals surface area contributed by atoms with Crippen molar-refractivity contribution in [3.05, 3.63) is 51.4 Å². The van der Waals surface area contributed by atoms with E-state index in [9.17, 15) is 23.3 Å². The maximum atomic E-state index is 12.8. The van der Waals surface area contributed by atoms with Gasteiger partial charge in [-0.3, -0.25) is 9.59 Å². The van der Waals surface area contributed by atoms with Gasteiger partial charge in [-0.05, 0) is 42.4 Å². The van der Waals surface area contributed by atoms with Gasteiger partial charge in [0.05, 0.1) is 11.8 Å². The molecule has 0 radical (unpaired) electrons. The summed E-state index contributed by atoms with van der Waals surface area (Å²) in [6.45, 7) is -0.477. The lowest BCUT2D eigenvalue weighted by atomic mass is 9.96. The van der Waals surface area contributed by atoms with E-state index >= 15 is 0 Å². The second kappa shape index (κ2) is 9.63. The molecule has 1 aliphatic carbocycles. The lowest BCUT2D eigenvalue weighted by molar-refractivity contribution is -0.151. The SMILES string of the molecule is CS(=O)(=O)N1Cc2ccccc2C[C@@H]1C(=O)OCC(=O)Nc1sc2c(c1C#N)CCCCC2. The van der Waals surface area contributed by atoms with Crippen LogP contribution in [0.1, 0.15) is 46.4 Å². The predicted octanol–water partition coefficient (Wildman–Crippen LogP) is 2.76. The number of hydrogen-bond acceptors (Lipinski definition) is 7. The molecule has 0 spiro atoms. The summed E-state index contributed by atoms with van der Waals surface area (Å²) in [5, 5.41) is 12.8. The molecule has 1 aliphatic heterocycles. The van der Waals surface area contributed by atoms with Crippen LogP contribution in [0.3, 0.4) is 0 Å². The fourth-order valence-corrected chi connectivity index (χ4v) is 6.65. The minimum absolute atomic E-state index is 0.0766. The molecule has 0 saturated carbocycles. The smallest absolute Gasteiger partial charge is 0.325 e. The number of ether oxygens (including phenoxy) is 1. The number of carbonyl (C=O) groups is 2. The van der Waals surface area contributed by atoms with Crippen molar-refractivity contribution in [1.29, 1.82) is 5.26 Å². The average molecular weight is 488 g/mol. The summed E-state index contributed by atoms with van der Waals surface area (Å²) >= 11 is 1.40. The molecule has 2 heterocycles. The number of anilines is 1. The molecule has 1 amide bonds. The Labute approximate surface area is 197 Å². The Morgan fingerprint density at radius 1 is 1.21 bits per heavy atom. The molecule has 10 heteroatoms. The highest BCUT2D eigenvalue weighted by Gasteiger charge is 2.38. The Morgan fingerprint density at radius 2 is 1.94 bits per heavy atom. The van der Waals surface area contributed by atoms with Gasteiger partial charge in [-0.15, -0.1) is 11.3 Å². The second-order valence-electron chi connectivity index (χ2n) is 8.33. The van der Waals surface area contributed by atoms with Crippen molar-refractivity contribution in [3.8, 4) is 6.07 Å². The molecule has 2 aromatic rings. The van der Waals surface area contributed by atoms with Crippen molar-refractivity contribution in [2.24, 2.45) is 0 Å². The maximum absolute atomic E-state index is 12.8. The van der Waals surface area contributed by atoms with Gasteiger partial charge in [-0.25, -0.2) is 8.42 Å². The fraction of sp³-hybridized carbons (Fsp3) is 0.435. The van der Waals surface area contributed by atoms with Gasteiger partial charge in [0.1, 0.15) is 17.1 Å². The molecule has 8 nitrogen and oxygen atoms in total. The average Bonchev–Trinajstić information content (AvgIpc) is 2.94. The molecular formula is C23H25N3O5S2. The minimum atomic E-state index is -3.67. The van der Waals surface area contributed by atoms with Gasteiger partial charge < -0.3 is 10.1 Å². The van der Waals surface area contributed by atoms with E-state index in [0.717, 1.165) is 64.2 Å². The van der Waals surface area contributed by atoms with Crippen LogP contribution in [0.15, 0.2) is 24.3 Å². The zero-order valence-corrected chi connectivity index (χ0v) is 19.9. The van der Waals surface area contributed by atoms with Crippen LogP contribution in [0.2, 0.25) is 0 Å². The number of hydrogen-bond donors (Lipinski definition) is 1. The molecular weight excluding hydrogens is 462 g/mol. The van der Waals surface area contributed by atoms with Crippen LogP contribution in [-0.2, 0) is 50.2 Å². The quantitative estimate of drug-likeness (QED) is 0.512. The van der Waals surface area contributed by atoms with E-state index in [4.69, 9.17) is 4.74 Å². The van der Waals surface area contributed by atoms with Crippen LogP contribution in [0, 0.1) is 11.3 Å². The number of carbonyl (C=O) groups excluding carboxylic acids is 2. The molecule has 0 unspecified atom stereocenters. The normalized spacial score (nSPS) is 18.4. The number of nitrogens with zero attached hydrogens (tertiary/aromatic N) is 2. The molecule has 1 atom stereocenters. The van der Waals surface area contributed by atoms with E-state index in [0.29, 0.717) is 10.6 Å². The Morgan fingerprint density at radius 3 is 2.67 bits per heavy atom. The van der Waals surface area contributed by atoms with Gasteiger partial charge in [0.25, 0.3) is 5.91 Å². The molecule has 2 aliphatic rings. The minimum Gasteiger partial charge on any atom is -0.454 e. The predicted molar refractivity (Wildman–Crippen MR) is 124 cm³/mol. The van der Waals surface area contributed by atoms with Crippen molar-refractivity contribution in [2.45, 2.75) is 51.1 Å². The maximum Gasteiger partial charge on any atom is 0.325 e. The summed E-state index contributed by atoms with van der Waals surface area (Å²) in [4.78, 5) is 26.4. The van der Waals surface area contributed by atoms with Crippen molar-refractivity contribution >= 4 is 38.2 Å². The number of esters is 1. The Bertz CT molecular complexity index is 1230. The van der Waals surface area contributed by atoms with Crippen LogP contribution in [0.5, 0.6) is 0 Å². The topological polar surface area (TPSA) is 117 Å². The van der Waals surface area contributed by atoms with Crippen LogP contribution in [0.4, 0.5) is 5.00 Å². The van der Waals surface area contributed by atoms with Gasteiger partial charge in [-0.1, -0.05) is 30.7 Å². The summed E-state index contributed by atoms with van der Waals surface area (Å²) in [5.41, 5.74) is 3.22. The van der Waals surface area contributed by atoms with E-state index in [1.54, 1.807) is 0 Å². The van der Waals surface area contributed by atoms with Gasteiger partial charge in [0.2, 0.25) is 10.0 Å². The number of thiophene rings is 1. The first-order valence-electron chi connectivity index (χ1n) is 10.8. The van der Waals surface area contributed by atoms with Crippen molar-refractivity contribution in [1.82, 2.24) is 4.31 Å². The Hall–Kier alpha value is -2.74. The van der Waals surface area contributed by atoms with E-state index < -0.39 is 34.5 Å². The number of aryl methyl sites for hydroxylation is 1. The van der Waals surface area contributed by atoms with E-state index in [1.807, 2.05) is 24.3 Å². The zero-order valence-electron chi connectivity index (χ0n) is 18.3. The summed E-state index contributed by atoms with van der Waals surface area (Å²) in [5.74, 6) is -1.33. The van der Waals surface area contributed by atoms with Gasteiger partial charge in [-0.2, -0.15) is 9.57 Å². The first-order chi connectivity index (χ1) is 15.8. The molecule has 0 saturated heterocycles. The number of amides is 1. The van der Waals surface area contributed by atoms with Crippen molar-refractivity contribution < 1.29 is 22.7 Å². The number of benzene rings is 1. The van der Waals surface area contributed by atoms with Crippen LogP contribution >= 0.6 is 11.3 Å². The molecule has 1 aromatic heterocycles. The molecule has 174 valence electrons. The molecule has 1 N–H and O–H groups in total. The summed E-state index contributed by atoms with van der Waals surface area (Å²) in [6.07, 6.45) is 6.15. The molecule has 4 rings (SSSR count). The molecule has 0 fully saturated rings. The second-order valence-corrected chi connectivity index (χ2v) is 11.4. The Kier molecular flexibility index (Phi) is 6.83. The first kappa shape index (κ1) is 23.4. The van der Waals surface area contributed by atoms with Gasteiger partial charge in [0.15, 0.2) is 6.61 Å². The molecule has 1 aromatic carbocycles. The van der Waals surface area contributed by atoms with Gasteiger partial charge in [0, 0.05) is 17.8 Å². The third-order valence-electron chi connectivity index (χ3n) is 6.04. The first-order valence-corrected chi connectivity index (χ1v) is 13.5. The fourth-order valence-electron chi connectivity index (χ4n) is 4.39. The number of sulfonamides is 1. The highest BCUT2D eigenvalue weighted by Crippen LogP contribution is 2.37. The van der Waals surface area contributed by atoms with E-state index in [1.165, 1.54) is 11.3 Å². The summed E-state index contributed by atoms with van der Waals surface area (Å²) in [6, 6.07) is 8.51. The van der Waals surface area contributed by atoms with E-state index in [2.05, 4.69) is 11.4 Å². The van der Waals surface area contributed by atoms with Crippen molar-refractivity contribution in [3.63, 3.8) is 0 Å². The standard InChI is InChI=1S/C23H25N3O5S2/c1-33(29,30)26-13-16-8-6-5-7-15(16)11-19(26)23(28)31-14-21(27)25-22-18(12-24)17-9-3-2-4-10-20(17)32-22/h5-8,19H,2-4,9-11,13-14H2,1H3,(H,25,27)/t19-/m1/s1. The zero-order chi connectivity index (χ0) is 23.6. The molecule has 33 heavy (non-hydrogen) atoms. The van der Waals surface area contributed by atoms with Crippen LogP contribution in [-0.4, -0.2) is 43.5 Å². The highest BCUT2D eigenvalue weighted by atomic mass is 32.2. The Balaban J connectivity index is 1.43. The summed E-state index contributed by atoms with van der Waals surface area (Å²) in [7, 11) is -3.67. The number of rotatable bonds is 5. The third kappa shape index (κ3) is 5.11. The van der Waals surface area contributed by atoms with Crippen molar-refractivity contribution in [2.75, 3.05) is 18.2 Å². The summed E-state index contributed by atoms with van der Waals surface area (Å²) < 4.78 is 30.9. The lowest BCUT2D eigenvalue weighted by Gasteiger charge is -2.33. The van der Waals surface area contributed by atoms with E-state index in [-0.39, 0.29) is 13.0 Å². The highest BCUT2D eigenvalue weighted by molar-refractivity contribution is 7.88. The molecule has 0 bridgehead atoms. The lowest BCUT2D eigenvalue weighted by Crippen LogP contribution is -2.49. The third-order valence-corrected chi connectivity index (χ3v) is 8.48.